The Morgan fingerprint density at radius 3 is 2.48 bits per heavy atom. The molecule has 0 unspecified atom stereocenters. The summed E-state index contributed by atoms with van der Waals surface area (Å²) < 4.78 is 0. The van der Waals surface area contributed by atoms with E-state index in [2.05, 4.69) is 5.32 Å². The predicted octanol–water partition coefficient (Wildman–Crippen LogP) is 6.05. The minimum Gasteiger partial charge on any atom is -0.352 e. The summed E-state index contributed by atoms with van der Waals surface area (Å²) >= 11 is 7.72. The molecule has 0 spiro atoms. The fourth-order valence-corrected chi connectivity index (χ4v) is 5.41. The van der Waals surface area contributed by atoms with Gasteiger partial charge in [0.15, 0.2) is 0 Å². The molecule has 0 aromatic heterocycles. The summed E-state index contributed by atoms with van der Waals surface area (Å²) in [5.74, 6) is -0.269. The zero-order valence-electron chi connectivity index (χ0n) is 17.5. The number of benzene rings is 2. The topological polar surface area (TPSA) is 49.4 Å². The van der Waals surface area contributed by atoms with E-state index in [-0.39, 0.29) is 24.4 Å². The number of fused-ring (bicyclic) bond motifs is 1. The van der Waals surface area contributed by atoms with Gasteiger partial charge in [-0.1, -0.05) is 85.8 Å². The number of hydrogen-bond acceptors (Lipinski definition) is 3. The van der Waals surface area contributed by atoms with Gasteiger partial charge in [-0.2, -0.15) is 0 Å². The molecule has 1 fully saturated rings. The number of anilines is 1. The van der Waals surface area contributed by atoms with E-state index in [0.717, 1.165) is 41.8 Å². The highest BCUT2D eigenvalue weighted by atomic mass is 35.5. The van der Waals surface area contributed by atoms with Crippen molar-refractivity contribution < 1.29 is 9.59 Å². The summed E-state index contributed by atoms with van der Waals surface area (Å²) in [4.78, 5) is 29.4. The van der Waals surface area contributed by atoms with E-state index in [1.54, 1.807) is 11.0 Å². The Morgan fingerprint density at radius 1 is 1.03 bits per heavy atom. The number of nitrogens with one attached hydrogen (secondary N) is 1. The first-order chi connectivity index (χ1) is 15.1. The van der Waals surface area contributed by atoms with Gasteiger partial charge in [-0.3, -0.25) is 14.5 Å². The maximum absolute atomic E-state index is 13.3. The van der Waals surface area contributed by atoms with Crippen molar-refractivity contribution in [1.82, 2.24) is 5.32 Å². The van der Waals surface area contributed by atoms with Crippen molar-refractivity contribution in [3.05, 3.63) is 64.0 Å². The number of carbonyl (C=O) groups excluding carboxylic acids is 2. The molecular formula is C25H27ClN2O2S. The molecule has 2 aromatic carbocycles. The van der Waals surface area contributed by atoms with Crippen molar-refractivity contribution in [3.63, 3.8) is 0 Å². The lowest BCUT2D eigenvalue weighted by Crippen LogP contribution is -2.45. The Labute approximate surface area is 193 Å². The van der Waals surface area contributed by atoms with Crippen molar-refractivity contribution in [2.24, 2.45) is 0 Å². The molecule has 1 saturated carbocycles. The van der Waals surface area contributed by atoms with Crippen molar-refractivity contribution >= 4 is 46.9 Å². The van der Waals surface area contributed by atoms with Crippen LogP contribution in [0, 0.1) is 0 Å². The second kappa shape index (κ2) is 10.4. The highest BCUT2D eigenvalue weighted by Crippen LogP contribution is 2.42. The Bertz CT molecular complexity index is 983. The van der Waals surface area contributed by atoms with Gasteiger partial charge >= 0.3 is 0 Å². The van der Waals surface area contributed by atoms with Crippen molar-refractivity contribution in [1.29, 1.82) is 0 Å². The van der Waals surface area contributed by atoms with Gasteiger partial charge in [-0.25, -0.2) is 0 Å². The van der Waals surface area contributed by atoms with Crippen LogP contribution in [0.4, 0.5) is 5.69 Å². The molecule has 0 bridgehead atoms. The van der Waals surface area contributed by atoms with Crippen LogP contribution in [0.5, 0.6) is 0 Å². The van der Waals surface area contributed by atoms with E-state index in [4.69, 9.17) is 11.6 Å². The smallest absolute Gasteiger partial charge is 0.265 e. The fourth-order valence-electron chi connectivity index (χ4n) is 4.17. The molecule has 2 aliphatic rings. The van der Waals surface area contributed by atoms with Crippen LogP contribution >= 0.6 is 23.4 Å². The quantitative estimate of drug-likeness (QED) is 0.572. The van der Waals surface area contributed by atoms with Gasteiger partial charge in [0.2, 0.25) is 5.91 Å². The lowest BCUT2D eigenvalue weighted by atomic mass is 9.97. The molecule has 1 heterocycles. The van der Waals surface area contributed by atoms with E-state index in [1.165, 1.54) is 31.0 Å². The van der Waals surface area contributed by atoms with E-state index >= 15 is 0 Å². The first-order valence-electron chi connectivity index (χ1n) is 11.0. The number of rotatable bonds is 4. The van der Waals surface area contributed by atoms with Crippen LogP contribution in [0.2, 0.25) is 5.02 Å². The Balaban J connectivity index is 1.54. The second-order valence-corrected chi connectivity index (χ2v) is 9.59. The maximum Gasteiger partial charge on any atom is 0.265 e. The van der Waals surface area contributed by atoms with Crippen LogP contribution in [0.3, 0.4) is 0 Å². The lowest BCUT2D eigenvalue weighted by Gasteiger charge is -2.30. The normalized spacial score (nSPS) is 18.9. The molecule has 4 nitrogen and oxygen atoms in total. The summed E-state index contributed by atoms with van der Waals surface area (Å²) in [6, 6.07) is 15.4. The lowest BCUT2D eigenvalue weighted by molar-refractivity contribution is -0.123. The van der Waals surface area contributed by atoms with Crippen molar-refractivity contribution in [3.8, 4) is 0 Å². The first kappa shape index (κ1) is 22.0. The average molecular weight is 455 g/mol. The summed E-state index contributed by atoms with van der Waals surface area (Å²) in [5.41, 5.74) is 1.57. The molecule has 1 N–H and O–H groups in total. The third-order valence-electron chi connectivity index (χ3n) is 5.80. The minimum atomic E-state index is -0.170. The van der Waals surface area contributed by atoms with Gasteiger partial charge < -0.3 is 5.32 Å². The third kappa shape index (κ3) is 5.52. The number of nitrogens with zero attached hydrogens (tertiary/aromatic N) is 1. The molecule has 2 aromatic rings. The maximum atomic E-state index is 13.3. The largest absolute Gasteiger partial charge is 0.352 e. The highest BCUT2D eigenvalue weighted by Gasteiger charge is 2.31. The predicted molar refractivity (Wildman–Crippen MR) is 128 cm³/mol. The zero-order valence-corrected chi connectivity index (χ0v) is 19.1. The summed E-state index contributed by atoms with van der Waals surface area (Å²) in [6.07, 6.45) is 9.90. The SMILES string of the molecule is O=C(CN1C(=O)C(=Cc2ccccc2Cl)Sc2ccccc21)NC1CCCCCCC1. The third-order valence-corrected chi connectivity index (χ3v) is 7.22. The summed E-state index contributed by atoms with van der Waals surface area (Å²) in [7, 11) is 0. The molecule has 162 valence electrons. The first-order valence-corrected chi connectivity index (χ1v) is 12.2. The molecule has 0 atom stereocenters. The number of hydrogen-bond donors (Lipinski definition) is 1. The molecule has 1 aliphatic carbocycles. The molecule has 2 amide bonds. The Kier molecular flexibility index (Phi) is 7.36. The zero-order chi connectivity index (χ0) is 21.6. The Morgan fingerprint density at radius 2 is 1.71 bits per heavy atom. The van der Waals surface area contributed by atoms with E-state index < -0.39 is 0 Å². The fraction of sp³-hybridized carbons (Fsp3) is 0.360. The number of thioether (sulfide) groups is 1. The van der Waals surface area contributed by atoms with Crippen LogP contribution in [-0.2, 0) is 9.59 Å². The van der Waals surface area contributed by atoms with Gasteiger partial charge in [0, 0.05) is 16.0 Å². The molecule has 1 aliphatic heterocycles. The van der Waals surface area contributed by atoms with Crippen LogP contribution in [0.15, 0.2) is 58.3 Å². The van der Waals surface area contributed by atoms with Gasteiger partial charge in [0.1, 0.15) is 6.54 Å². The van der Waals surface area contributed by atoms with Crippen LogP contribution in [0.1, 0.15) is 50.5 Å². The number of para-hydroxylation sites is 1. The van der Waals surface area contributed by atoms with Gasteiger partial charge in [0.05, 0.1) is 10.6 Å². The van der Waals surface area contributed by atoms with Gasteiger partial charge in [0.25, 0.3) is 5.91 Å². The van der Waals surface area contributed by atoms with Crippen LogP contribution < -0.4 is 10.2 Å². The summed E-state index contributed by atoms with van der Waals surface area (Å²) in [6.45, 7) is 0.0206. The van der Waals surface area contributed by atoms with E-state index in [9.17, 15) is 9.59 Å². The number of carbonyl (C=O) groups is 2. The Hall–Kier alpha value is -2.24. The van der Waals surface area contributed by atoms with Gasteiger partial charge in [-0.15, -0.1) is 0 Å². The molecular weight excluding hydrogens is 428 g/mol. The second-order valence-electron chi connectivity index (χ2n) is 8.10. The average Bonchev–Trinajstić information content (AvgIpc) is 2.74. The molecule has 31 heavy (non-hydrogen) atoms. The monoisotopic (exact) mass is 454 g/mol. The van der Waals surface area contributed by atoms with Crippen molar-refractivity contribution in [2.45, 2.75) is 55.9 Å². The minimum absolute atomic E-state index is 0.0206. The number of amides is 2. The van der Waals surface area contributed by atoms with E-state index in [1.807, 2.05) is 48.5 Å². The van der Waals surface area contributed by atoms with Gasteiger partial charge in [-0.05, 0) is 42.7 Å². The van der Waals surface area contributed by atoms with Crippen molar-refractivity contribution in [2.75, 3.05) is 11.4 Å². The standard InChI is InChI=1S/C25H27ClN2O2S/c26-20-13-7-6-10-18(20)16-23-25(30)28(21-14-8-9-15-22(21)31-23)17-24(29)27-19-11-4-2-1-3-5-12-19/h6-10,13-16,19H,1-5,11-12,17H2,(H,27,29). The molecule has 6 heteroatoms. The number of halogens is 1. The summed E-state index contributed by atoms with van der Waals surface area (Å²) in [5, 5.41) is 3.77. The molecule has 4 rings (SSSR count). The van der Waals surface area contributed by atoms with Crippen LogP contribution in [0.25, 0.3) is 6.08 Å². The van der Waals surface area contributed by atoms with E-state index in [0.29, 0.717) is 9.93 Å². The van der Waals surface area contributed by atoms with Crippen LogP contribution in [-0.4, -0.2) is 24.4 Å². The molecule has 0 saturated heterocycles. The highest BCUT2D eigenvalue weighted by molar-refractivity contribution is 8.04. The molecule has 0 radical (unpaired) electrons.